The van der Waals surface area contributed by atoms with E-state index in [4.69, 9.17) is 4.52 Å². The quantitative estimate of drug-likeness (QED) is 0.743. The molecule has 1 N–H and O–H groups in total. The number of carbonyl (C=O) groups is 1. The average Bonchev–Trinajstić information content (AvgIpc) is 3.14. The monoisotopic (exact) mass is 326 g/mol. The Morgan fingerprint density at radius 3 is 2.87 bits per heavy atom. The number of hydrogen-bond acceptors (Lipinski definition) is 6. The molecule has 7 heteroatoms. The number of anilines is 1. The Kier molecular flexibility index (Phi) is 4.29. The molecule has 0 spiro atoms. The Morgan fingerprint density at radius 2 is 2.17 bits per heavy atom. The van der Waals surface area contributed by atoms with Crippen molar-refractivity contribution >= 4 is 29.0 Å². The summed E-state index contributed by atoms with van der Waals surface area (Å²) in [5.41, 5.74) is 2.21. The van der Waals surface area contributed by atoms with Gasteiger partial charge in [0, 0.05) is 29.6 Å². The molecular weight excluding hydrogens is 312 g/mol. The molecule has 0 bridgehead atoms. The van der Waals surface area contributed by atoms with Crippen molar-refractivity contribution in [2.75, 3.05) is 5.32 Å². The summed E-state index contributed by atoms with van der Waals surface area (Å²) in [5, 5.41) is 9.53. The highest BCUT2D eigenvalue weighted by atomic mass is 32.1. The number of thiazole rings is 1. The SMILES string of the molecule is Cc1nc(-c2cccc(NC(=O)/C=C/c3csc(C)n3)c2)no1. The van der Waals surface area contributed by atoms with Gasteiger partial charge < -0.3 is 9.84 Å². The van der Waals surface area contributed by atoms with Gasteiger partial charge in [0.1, 0.15) is 0 Å². The minimum atomic E-state index is -0.225. The molecule has 3 aromatic rings. The number of carbonyl (C=O) groups excluding carboxylic acids is 1. The van der Waals surface area contributed by atoms with Crippen LogP contribution in [-0.2, 0) is 4.79 Å². The van der Waals surface area contributed by atoms with Gasteiger partial charge in [-0.2, -0.15) is 4.98 Å². The number of rotatable bonds is 4. The lowest BCUT2D eigenvalue weighted by Crippen LogP contribution is -2.07. The van der Waals surface area contributed by atoms with Crippen molar-refractivity contribution in [2.24, 2.45) is 0 Å². The number of benzene rings is 1. The summed E-state index contributed by atoms with van der Waals surface area (Å²) in [6.07, 6.45) is 3.14. The highest BCUT2D eigenvalue weighted by Crippen LogP contribution is 2.20. The van der Waals surface area contributed by atoms with E-state index in [0.717, 1.165) is 16.3 Å². The van der Waals surface area contributed by atoms with Crippen molar-refractivity contribution in [3.63, 3.8) is 0 Å². The second kappa shape index (κ2) is 6.53. The third kappa shape index (κ3) is 3.89. The van der Waals surface area contributed by atoms with Crippen molar-refractivity contribution in [1.82, 2.24) is 15.1 Å². The van der Waals surface area contributed by atoms with Gasteiger partial charge in [-0.1, -0.05) is 17.3 Å². The standard InChI is InChI=1S/C16H14N4O2S/c1-10-17-16(20-22-10)12-4-3-5-13(8-12)19-15(21)7-6-14-9-23-11(2)18-14/h3-9H,1-2H3,(H,19,21)/b7-6+. The molecule has 6 nitrogen and oxygen atoms in total. The summed E-state index contributed by atoms with van der Waals surface area (Å²) >= 11 is 1.54. The maximum Gasteiger partial charge on any atom is 0.248 e. The zero-order chi connectivity index (χ0) is 16.2. The summed E-state index contributed by atoms with van der Waals surface area (Å²) in [4.78, 5) is 20.4. The van der Waals surface area contributed by atoms with Crippen LogP contribution >= 0.6 is 11.3 Å². The zero-order valence-corrected chi connectivity index (χ0v) is 13.4. The van der Waals surface area contributed by atoms with Gasteiger partial charge in [0.05, 0.1) is 10.7 Å². The first-order chi connectivity index (χ1) is 11.1. The Bertz CT molecular complexity index is 866. The van der Waals surface area contributed by atoms with Crippen molar-refractivity contribution in [2.45, 2.75) is 13.8 Å². The van der Waals surface area contributed by atoms with Gasteiger partial charge in [-0.15, -0.1) is 11.3 Å². The fourth-order valence-corrected chi connectivity index (χ4v) is 2.53. The molecule has 2 aromatic heterocycles. The van der Waals surface area contributed by atoms with Gasteiger partial charge in [-0.25, -0.2) is 4.98 Å². The van der Waals surface area contributed by atoms with Gasteiger partial charge in [-0.05, 0) is 25.1 Å². The molecule has 1 amide bonds. The zero-order valence-electron chi connectivity index (χ0n) is 12.6. The Morgan fingerprint density at radius 1 is 1.30 bits per heavy atom. The van der Waals surface area contributed by atoms with E-state index in [1.807, 2.05) is 24.4 Å². The molecule has 2 heterocycles. The first-order valence-corrected chi connectivity index (χ1v) is 7.80. The molecule has 0 aliphatic heterocycles. The lowest BCUT2D eigenvalue weighted by atomic mass is 10.2. The van der Waals surface area contributed by atoms with Crippen LogP contribution in [0.3, 0.4) is 0 Å². The van der Waals surface area contributed by atoms with Crippen LogP contribution in [0.1, 0.15) is 16.6 Å². The van der Waals surface area contributed by atoms with Gasteiger partial charge >= 0.3 is 0 Å². The summed E-state index contributed by atoms with van der Waals surface area (Å²) in [5.74, 6) is 0.764. The molecule has 0 radical (unpaired) electrons. The molecule has 0 atom stereocenters. The average molecular weight is 326 g/mol. The summed E-state index contributed by atoms with van der Waals surface area (Å²) in [6, 6.07) is 7.27. The number of nitrogens with zero attached hydrogens (tertiary/aromatic N) is 3. The number of hydrogen-bond donors (Lipinski definition) is 1. The van der Waals surface area contributed by atoms with E-state index in [1.54, 1.807) is 36.5 Å². The molecule has 1 aromatic carbocycles. The minimum Gasteiger partial charge on any atom is -0.339 e. The molecule has 116 valence electrons. The number of nitrogens with one attached hydrogen (secondary N) is 1. The topological polar surface area (TPSA) is 80.9 Å². The third-order valence-corrected chi connectivity index (χ3v) is 3.75. The Labute approximate surface area is 136 Å². The fourth-order valence-electron chi connectivity index (χ4n) is 1.95. The molecule has 0 saturated heterocycles. The molecule has 0 unspecified atom stereocenters. The van der Waals surface area contributed by atoms with Crippen molar-refractivity contribution in [1.29, 1.82) is 0 Å². The molecule has 23 heavy (non-hydrogen) atoms. The van der Waals surface area contributed by atoms with Crippen LogP contribution < -0.4 is 5.32 Å². The van der Waals surface area contributed by atoms with Crippen molar-refractivity contribution in [3.05, 3.63) is 52.3 Å². The van der Waals surface area contributed by atoms with Gasteiger partial charge in [0.25, 0.3) is 0 Å². The van der Waals surface area contributed by atoms with Crippen LogP contribution in [0.5, 0.6) is 0 Å². The van der Waals surface area contributed by atoms with Crippen LogP contribution in [0.25, 0.3) is 17.5 Å². The molecule has 0 saturated carbocycles. The van der Waals surface area contributed by atoms with Crippen LogP contribution in [0, 0.1) is 13.8 Å². The van der Waals surface area contributed by atoms with E-state index in [1.165, 1.54) is 6.08 Å². The van der Waals surface area contributed by atoms with E-state index in [9.17, 15) is 4.79 Å². The number of aromatic nitrogens is 3. The van der Waals surface area contributed by atoms with E-state index >= 15 is 0 Å². The van der Waals surface area contributed by atoms with Crippen molar-refractivity contribution in [3.8, 4) is 11.4 Å². The minimum absolute atomic E-state index is 0.225. The normalized spacial score (nSPS) is 11.0. The van der Waals surface area contributed by atoms with Crippen molar-refractivity contribution < 1.29 is 9.32 Å². The lowest BCUT2D eigenvalue weighted by molar-refractivity contribution is -0.111. The number of amides is 1. The lowest BCUT2D eigenvalue weighted by Gasteiger charge is -2.03. The summed E-state index contributed by atoms with van der Waals surface area (Å²) in [6.45, 7) is 3.65. The van der Waals surface area contributed by atoms with Crippen LogP contribution in [0.15, 0.2) is 40.2 Å². The van der Waals surface area contributed by atoms with Gasteiger partial charge in [0.15, 0.2) is 0 Å². The summed E-state index contributed by atoms with van der Waals surface area (Å²) in [7, 11) is 0. The molecule has 0 aliphatic carbocycles. The van der Waals surface area contributed by atoms with E-state index in [-0.39, 0.29) is 5.91 Å². The van der Waals surface area contributed by atoms with Crippen LogP contribution in [0.4, 0.5) is 5.69 Å². The van der Waals surface area contributed by atoms with Crippen LogP contribution in [-0.4, -0.2) is 21.0 Å². The van der Waals surface area contributed by atoms with Gasteiger partial charge in [-0.3, -0.25) is 4.79 Å². The van der Waals surface area contributed by atoms with E-state index < -0.39 is 0 Å². The second-order valence-electron chi connectivity index (χ2n) is 4.83. The van der Waals surface area contributed by atoms with Gasteiger partial charge in [0.2, 0.25) is 17.6 Å². The predicted octanol–water partition coefficient (Wildman–Crippen LogP) is 3.46. The smallest absolute Gasteiger partial charge is 0.248 e. The maximum atomic E-state index is 12.0. The second-order valence-corrected chi connectivity index (χ2v) is 5.89. The maximum absolute atomic E-state index is 12.0. The molecule has 3 rings (SSSR count). The largest absolute Gasteiger partial charge is 0.339 e. The van der Waals surface area contributed by atoms with Crippen LogP contribution in [0.2, 0.25) is 0 Å². The first-order valence-electron chi connectivity index (χ1n) is 6.92. The predicted molar refractivity (Wildman–Crippen MR) is 89.0 cm³/mol. The Balaban J connectivity index is 1.70. The van der Waals surface area contributed by atoms with E-state index in [2.05, 4.69) is 20.4 Å². The van der Waals surface area contributed by atoms with E-state index in [0.29, 0.717) is 17.4 Å². The fraction of sp³-hybridized carbons (Fsp3) is 0.125. The Hall–Kier alpha value is -2.80. The third-order valence-electron chi connectivity index (χ3n) is 2.96. The highest BCUT2D eigenvalue weighted by Gasteiger charge is 2.07. The first kappa shape index (κ1) is 15.1. The molecule has 0 aliphatic rings. The molecular formula is C16H14N4O2S. The summed E-state index contributed by atoms with van der Waals surface area (Å²) < 4.78 is 4.96. The highest BCUT2D eigenvalue weighted by molar-refractivity contribution is 7.09. The number of aryl methyl sites for hydroxylation is 2. The molecule has 0 fully saturated rings.